The number of nitrogens with zero attached hydrogens (tertiary/aromatic N) is 2. The van der Waals surface area contributed by atoms with E-state index >= 15 is 0 Å². The number of amides is 2. The van der Waals surface area contributed by atoms with Gasteiger partial charge in [0.1, 0.15) is 5.54 Å². The van der Waals surface area contributed by atoms with Crippen molar-refractivity contribution in [1.82, 2.24) is 9.80 Å². The van der Waals surface area contributed by atoms with Crippen LogP contribution in [-0.4, -0.2) is 46.0 Å². The molecule has 5 nitrogen and oxygen atoms in total. The van der Waals surface area contributed by atoms with Gasteiger partial charge in [-0.2, -0.15) is 0 Å². The summed E-state index contributed by atoms with van der Waals surface area (Å²) in [4.78, 5) is 26.6. The molecule has 1 rings (SSSR count). The number of carboxylic acid groups (broad SMARTS) is 1. The minimum absolute atomic E-state index is 0.290. The SMILES string of the molecule is CCN(C(=O)N(C)Cc1csc(Br)c1)C(C)(C)C(=O)O. The molecule has 0 radical (unpaired) electrons. The number of rotatable bonds is 5. The van der Waals surface area contributed by atoms with Gasteiger partial charge < -0.3 is 14.9 Å². The Labute approximate surface area is 131 Å². The maximum atomic E-state index is 12.4. The van der Waals surface area contributed by atoms with Gasteiger partial charge in [-0.3, -0.25) is 0 Å². The molecular weight excluding hydrogens is 344 g/mol. The molecule has 112 valence electrons. The van der Waals surface area contributed by atoms with Crippen LogP contribution in [0.3, 0.4) is 0 Å². The normalized spacial score (nSPS) is 11.2. The van der Waals surface area contributed by atoms with E-state index in [0.29, 0.717) is 13.1 Å². The largest absolute Gasteiger partial charge is 0.480 e. The third kappa shape index (κ3) is 3.73. The molecule has 1 aromatic heterocycles. The van der Waals surface area contributed by atoms with Crippen molar-refractivity contribution in [3.05, 3.63) is 20.8 Å². The van der Waals surface area contributed by atoms with Crippen LogP contribution >= 0.6 is 27.3 Å². The number of carbonyl (C=O) groups excluding carboxylic acids is 1. The smallest absolute Gasteiger partial charge is 0.329 e. The van der Waals surface area contributed by atoms with Crippen molar-refractivity contribution < 1.29 is 14.7 Å². The van der Waals surface area contributed by atoms with Crippen LogP contribution in [-0.2, 0) is 11.3 Å². The number of halogens is 1. The maximum Gasteiger partial charge on any atom is 0.329 e. The number of urea groups is 1. The molecule has 0 unspecified atom stereocenters. The molecule has 1 N–H and O–H groups in total. The van der Waals surface area contributed by atoms with Crippen LogP contribution in [0.4, 0.5) is 4.79 Å². The van der Waals surface area contributed by atoms with Crippen LogP contribution < -0.4 is 0 Å². The Bertz CT molecular complexity index is 502. The van der Waals surface area contributed by atoms with E-state index < -0.39 is 11.5 Å². The first kappa shape index (κ1) is 17.0. The highest BCUT2D eigenvalue weighted by Crippen LogP contribution is 2.22. The third-order valence-corrected chi connectivity index (χ3v) is 4.67. The molecule has 0 spiro atoms. The lowest BCUT2D eigenvalue weighted by molar-refractivity contribution is -0.147. The maximum absolute atomic E-state index is 12.4. The Morgan fingerprint density at radius 3 is 2.45 bits per heavy atom. The monoisotopic (exact) mass is 362 g/mol. The van der Waals surface area contributed by atoms with E-state index in [-0.39, 0.29) is 6.03 Å². The van der Waals surface area contributed by atoms with Crippen molar-refractivity contribution in [2.24, 2.45) is 0 Å². The van der Waals surface area contributed by atoms with Crippen LogP contribution in [0.25, 0.3) is 0 Å². The zero-order valence-electron chi connectivity index (χ0n) is 12.0. The molecule has 0 aliphatic heterocycles. The van der Waals surface area contributed by atoms with Crippen molar-refractivity contribution in [3.8, 4) is 0 Å². The zero-order valence-corrected chi connectivity index (χ0v) is 14.4. The molecular formula is C13H19BrN2O3S. The summed E-state index contributed by atoms with van der Waals surface area (Å²) in [5.41, 5.74) is -0.211. The summed E-state index contributed by atoms with van der Waals surface area (Å²) in [6, 6.07) is 1.66. The van der Waals surface area contributed by atoms with E-state index in [0.717, 1.165) is 9.35 Å². The van der Waals surface area contributed by atoms with Crippen LogP contribution in [0.5, 0.6) is 0 Å². The Balaban J connectivity index is 2.83. The van der Waals surface area contributed by atoms with Crippen LogP contribution in [0.1, 0.15) is 26.3 Å². The topological polar surface area (TPSA) is 60.9 Å². The summed E-state index contributed by atoms with van der Waals surface area (Å²) in [5.74, 6) is -1.01. The first-order chi connectivity index (χ1) is 9.20. The highest BCUT2D eigenvalue weighted by atomic mass is 79.9. The van der Waals surface area contributed by atoms with Gasteiger partial charge in [-0.05, 0) is 53.7 Å². The zero-order chi connectivity index (χ0) is 15.5. The van der Waals surface area contributed by atoms with E-state index in [1.54, 1.807) is 25.3 Å². The molecule has 0 saturated heterocycles. The fraction of sp³-hybridized carbons (Fsp3) is 0.538. The molecule has 0 bridgehead atoms. The van der Waals surface area contributed by atoms with Crippen molar-refractivity contribution >= 4 is 39.3 Å². The fourth-order valence-corrected chi connectivity index (χ4v) is 3.06. The van der Waals surface area contributed by atoms with Gasteiger partial charge in [-0.15, -0.1) is 11.3 Å². The van der Waals surface area contributed by atoms with Gasteiger partial charge in [0.15, 0.2) is 0 Å². The number of hydrogen-bond donors (Lipinski definition) is 1. The van der Waals surface area contributed by atoms with E-state index in [1.165, 1.54) is 23.6 Å². The van der Waals surface area contributed by atoms with E-state index in [1.807, 2.05) is 11.4 Å². The highest BCUT2D eigenvalue weighted by Gasteiger charge is 2.38. The Kier molecular flexibility index (Phi) is 5.59. The number of aliphatic carboxylic acids is 1. The van der Waals surface area contributed by atoms with Crippen molar-refractivity contribution in [1.29, 1.82) is 0 Å². The molecule has 1 heterocycles. The number of hydrogen-bond acceptors (Lipinski definition) is 3. The molecule has 0 aromatic carbocycles. The first-order valence-corrected chi connectivity index (χ1v) is 7.86. The Morgan fingerprint density at radius 2 is 2.05 bits per heavy atom. The second-order valence-electron chi connectivity index (χ2n) is 5.01. The van der Waals surface area contributed by atoms with Crippen molar-refractivity contribution in [2.75, 3.05) is 13.6 Å². The first-order valence-electron chi connectivity index (χ1n) is 6.19. The number of thiophene rings is 1. The highest BCUT2D eigenvalue weighted by molar-refractivity contribution is 9.11. The Hall–Kier alpha value is -1.08. The standard InChI is InChI=1S/C13H19BrN2O3S/c1-5-16(13(2,3)11(17)18)12(19)15(4)7-9-6-10(14)20-8-9/h6,8H,5,7H2,1-4H3,(H,17,18). The lowest BCUT2D eigenvalue weighted by Gasteiger charge is -2.36. The molecule has 0 fully saturated rings. The second kappa shape index (κ2) is 6.58. The van der Waals surface area contributed by atoms with E-state index in [9.17, 15) is 14.7 Å². The second-order valence-corrected chi connectivity index (χ2v) is 7.30. The van der Waals surface area contributed by atoms with Gasteiger partial charge in [0.2, 0.25) is 0 Å². The molecule has 1 aromatic rings. The average molecular weight is 363 g/mol. The molecule has 7 heteroatoms. The number of carboxylic acids is 1. The Morgan fingerprint density at radius 1 is 1.45 bits per heavy atom. The summed E-state index contributed by atoms with van der Waals surface area (Å²) in [6.07, 6.45) is 0. The summed E-state index contributed by atoms with van der Waals surface area (Å²) in [7, 11) is 1.68. The van der Waals surface area contributed by atoms with Gasteiger partial charge in [-0.1, -0.05) is 0 Å². The summed E-state index contributed by atoms with van der Waals surface area (Å²) in [5, 5.41) is 11.2. The van der Waals surface area contributed by atoms with E-state index in [2.05, 4.69) is 15.9 Å². The predicted molar refractivity (Wildman–Crippen MR) is 83.0 cm³/mol. The summed E-state index contributed by atoms with van der Waals surface area (Å²) in [6.45, 7) is 5.64. The van der Waals surface area contributed by atoms with E-state index in [4.69, 9.17) is 0 Å². The molecule has 2 amide bonds. The predicted octanol–water partition coefficient (Wildman–Crippen LogP) is 3.25. The van der Waals surface area contributed by atoms with Gasteiger partial charge in [-0.25, -0.2) is 9.59 Å². The fourth-order valence-electron chi connectivity index (χ4n) is 1.86. The van der Waals surface area contributed by atoms with Crippen LogP contribution in [0, 0.1) is 0 Å². The molecule has 0 aliphatic carbocycles. The third-order valence-electron chi connectivity index (χ3n) is 3.11. The molecule has 0 saturated carbocycles. The lowest BCUT2D eigenvalue weighted by Crippen LogP contribution is -2.56. The molecule has 0 atom stereocenters. The lowest BCUT2D eigenvalue weighted by atomic mass is 10.0. The summed E-state index contributed by atoms with van der Waals surface area (Å²) < 4.78 is 1.01. The van der Waals surface area contributed by atoms with Gasteiger partial charge in [0.05, 0.1) is 3.79 Å². The number of likely N-dealkylation sites (N-methyl/N-ethyl adjacent to an activating group) is 1. The summed E-state index contributed by atoms with van der Waals surface area (Å²) >= 11 is 4.93. The van der Waals surface area contributed by atoms with Gasteiger partial charge in [0.25, 0.3) is 0 Å². The van der Waals surface area contributed by atoms with Crippen LogP contribution in [0.2, 0.25) is 0 Å². The number of carbonyl (C=O) groups is 2. The average Bonchev–Trinajstić information content (AvgIpc) is 2.74. The minimum Gasteiger partial charge on any atom is -0.480 e. The van der Waals surface area contributed by atoms with Crippen molar-refractivity contribution in [2.45, 2.75) is 32.9 Å². The van der Waals surface area contributed by atoms with Gasteiger partial charge >= 0.3 is 12.0 Å². The van der Waals surface area contributed by atoms with Crippen LogP contribution in [0.15, 0.2) is 15.2 Å². The molecule has 0 aliphatic rings. The van der Waals surface area contributed by atoms with Crippen molar-refractivity contribution in [3.63, 3.8) is 0 Å². The molecule has 20 heavy (non-hydrogen) atoms. The quantitative estimate of drug-likeness (QED) is 0.874. The van der Waals surface area contributed by atoms with Gasteiger partial charge in [0, 0.05) is 20.1 Å². The minimum atomic E-state index is -1.23.